The van der Waals surface area contributed by atoms with Crippen LogP contribution < -0.4 is 4.90 Å². The van der Waals surface area contributed by atoms with Crippen LogP contribution in [0.5, 0.6) is 0 Å². The first-order chi connectivity index (χ1) is 33.2. The molecule has 1 unspecified atom stereocenters. The van der Waals surface area contributed by atoms with Gasteiger partial charge >= 0.3 is 0 Å². The summed E-state index contributed by atoms with van der Waals surface area (Å²) >= 11 is 1.89. The number of para-hydroxylation sites is 2. The van der Waals surface area contributed by atoms with E-state index in [1.807, 2.05) is 23.9 Å². The first kappa shape index (κ1) is 37.0. The van der Waals surface area contributed by atoms with Gasteiger partial charge in [0.1, 0.15) is 11.2 Å². The zero-order valence-electron chi connectivity index (χ0n) is 36.2. The summed E-state index contributed by atoms with van der Waals surface area (Å²) in [6, 6.07) is 85.4. The molecule has 0 fully saturated rings. The molecule has 0 saturated carbocycles. The van der Waals surface area contributed by atoms with Crippen molar-refractivity contribution in [3.8, 4) is 16.8 Å². The van der Waals surface area contributed by atoms with Gasteiger partial charge in [-0.05, 0) is 122 Å². The average Bonchev–Trinajstić information content (AvgIpc) is 3.93. The number of benzene rings is 11. The summed E-state index contributed by atoms with van der Waals surface area (Å²) in [6.07, 6.45) is 0. The number of furan rings is 1. The van der Waals surface area contributed by atoms with Crippen LogP contribution in [0.3, 0.4) is 0 Å². The molecule has 0 bridgehead atoms. The molecule has 3 heterocycles. The first-order valence-corrected chi connectivity index (χ1v) is 23.8. The molecular weight excluding hydrogens is 833 g/mol. The maximum Gasteiger partial charge on any atom is 0.135 e. The Labute approximate surface area is 390 Å². The standard InChI is InChI=1S/C63H38N2OS/c1-2-18-44-39(14-1)15-13-27-55(44)64(41-31-34-57-49(36-41)46-20-4-8-26-56(46)65(57)42-32-35-59-50(37-42)47-21-5-9-28-58(47)66-59)43-30-33-53-61(38-43)67-60-29-10-7-24-52(60)63(53)51-23-6-3-19-45(51)48-22-11-16-40-17-12-25-54(63)62(40)48/h1-38H. The largest absolute Gasteiger partial charge is 0.456 e. The maximum atomic E-state index is 6.27. The molecule has 1 aliphatic heterocycles. The molecule has 1 spiro atoms. The number of nitrogens with zero attached hydrogens (tertiary/aromatic N) is 2. The highest BCUT2D eigenvalue weighted by atomic mass is 32.2. The van der Waals surface area contributed by atoms with Crippen molar-refractivity contribution in [2.45, 2.75) is 15.2 Å². The second kappa shape index (κ2) is 13.9. The third-order valence-electron chi connectivity index (χ3n) is 14.6. The molecule has 11 aromatic carbocycles. The van der Waals surface area contributed by atoms with Crippen molar-refractivity contribution in [1.29, 1.82) is 0 Å². The highest BCUT2D eigenvalue weighted by molar-refractivity contribution is 7.99. The Morgan fingerprint density at radius 1 is 0.388 bits per heavy atom. The van der Waals surface area contributed by atoms with Crippen LogP contribution in [-0.2, 0) is 5.41 Å². The van der Waals surface area contributed by atoms with Crippen molar-refractivity contribution >= 4 is 94.1 Å². The second-order valence-corrected chi connectivity index (χ2v) is 19.0. The van der Waals surface area contributed by atoms with E-state index in [0.717, 1.165) is 55.7 Å². The van der Waals surface area contributed by atoms with Gasteiger partial charge in [0.2, 0.25) is 0 Å². The summed E-state index contributed by atoms with van der Waals surface area (Å²) in [5.41, 5.74) is 16.0. The van der Waals surface area contributed by atoms with E-state index >= 15 is 0 Å². The summed E-state index contributed by atoms with van der Waals surface area (Å²) in [6.45, 7) is 0. The van der Waals surface area contributed by atoms with E-state index in [0.29, 0.717) is 0 Å². The van der Waals surface area contributed by atoms with E-state index in [4.69, 9.17) is 4.42 Å². The third-order valence-corrected chi connectivity index (χ3v) is 15.7. The van der Waals surface area contributed by atoms with Crippen molar-refractivity contribution in [2.24, 2.45) is 0 Å². The lowest BCUT2D eigenvalue weighted by Gasteiger charge is -2.46. The molecular formula is C63H38N2OS. The Balaban J connectivity index is 0.975. The monoisotopic (exact) mass is 870 g/mol. The van der Waals surface area contributed by atoms with Gasteiger partial charge in [0.05, 0.1) is 22.1 Å². The summed E-state index contributed by atoms with van der Waals surface area (Å²) in [5, 5.41) is 9.65. The Morgan fingerprint density at radius 3 is 1.97 bits per heavy atom. The fourth-order valence-corrected chi connectivity index (χ4v) is 13.1. The molecule has 15 rings (SSSR count). The van der Waals surface area contributed by atoms with Gasteiger partial charge in [0.25, 0.3) is 0 Å². The van der Waals surface area contributed by atoms with Gasteiger partial charge in [-0.3, -0.25) is 0 Å². The normalized spacial score (nSPS) is 14.9. The summed E-state index contributed by atoms with van der Waals surface area (Å²) in [5.74, 6) is 0. The lowest BCUT2D eigenvalue weighted by Crippen LogP contribution is -2.36. The second-order valence-electron chi connectivity index (χ2n) is 17.9. The minimum atomic E-state index is -0.517. The van der Waals surface area contributed by atoms with Crippen LogP contribution in [0.15, 0.2) is 245 Å². The number of hydrogen-bond acceptors (Lipinski definition) is 3. The van der Waals surface area contributed by atoms with Crippen molar-refractivity contribution in [2.75, 3.05) is 4.90 Å². The zero-order chi connectivity index (χ0) is 43.8. The average molecular weight is 871 g/mol. The van der Waals surface area contributed by atoms with Gasteiger partial charge in [-0.15, -0.1) is 0 Å². The molecule has 0 N–H and O–H groups in total. The van der Waals surface area contributed by atoms with Crippen LogP contribution in [0.25, 0.3) is 82.1 Å². The van der Waals surface area contributed by atoms with E-state index in [2.05, 4.69) is 228 Å². The molecule has 67 heavy (non-hydrogen) atoms. The SMILES string of the molecule is c1ccc2c(c1)Sc1cc(N(c3ccc4c(c3)c3ccccc3n4-c3ccc4oc5ccccc5c4c3)c3cccc4ccccc34)ccc1C21c2ccccc2-c2cccc3cccc1c23. The number of anilines is 3. The van der Waals surface area contributed by atoms with Crippen LogP contribution in [0.1, 0.15) is 22.3 Å². The molecule has 312 valence electrons. The number of rotatable bonds is 4. The van der Waals surface area contributed by atoms with Crippen LogP contribution in [0.2, 0.25) is 0 Å². The van der Waals surface area contributed by atoms with E-state index in [1.54, 1.807) is 0 Å². The van der Waals surface area contributed by atoms with Crippen molar-refractivity contribution in [1.82, 2.24) is 4.57 Å². The number of aromatic nitrogens is 1. The minimum absolute atomic E-state index is 0.517. The molecule has 13 aromatic rings. The predicted molar refractivity (Wildman–Crippen MR) is 279 cm³/mol. The summed E-state index contributed by atoms with van der Waals surface area (Å²) < 4.78 is 8.68. The van der Waals surface area contributed by atoms with Gasteiger partial charge in [-0.1, -0.05) is 169 Å². The molecule has 3 nitrogen and oxygen atoms in total. The van der Waals surface area contributed by atoms with Crippen molar-refractivity contribution in [3.63, 3.8) is 0 Å². The minimum Gasteiger partial charge on any atom is -0.456 e. The Bertz CT molecular complexity index is 4220. The van der Waals surface area contributed by atoms with E-state index < -0.39 is 5.41 Å². The van der Waals surface area contributed by atoms with E-state index in [9.17, 15) is 0 Å². The predicted octanol–water partition coefficient (Wildman–Crippen LogP) is 17.3. The molecule has 1 atom stereocenters. The van der Waals surface area contributed by atoms with Crippen LogP contribution in [0, 0.1) is 0 Å². The lowest BCUT2D eigenvalue weighted by molar-refractivity contribution is 0.669. The van der Waals surface area contributed by atoms with Gasteiger partial charge in [0.15, 0.2) is 0 Å². The topological polar surface area (TPSA) is 21.3 Å². The fraction of sp³-hybridized carbons (Fsp3) is 0.0159. The van der Waals surface area contributed by atoms with Gasteiger partial charge < -0.3 is 13.9 Å². The fourth-order valence-electron chi connectivity index (χ4n) is 11.9. The van der Waals surface area contributed by atoms with Gasteiger partial charge in [-0.2, -0.15) is 0 Å². The molecule has 2 aliphatic rings. The van der Waals surface area contributed by atoms with Crippen molar-refractivity contribution in [3.05, 3.63) is 253 Å². The molecule has 0 saturated heterocycles. The highest BCUT2D eigenvalue weighted by Gasteiger charge is 2.48. The maximum absolute atomic E-state index is 6.27. The van der Waals surface area contributed by atoms with Gasteiger partial charge in [0, 0.05) is 53.8 Å². The molecule has 1 aliphatic carbocycles. The Hall–Kier alpha value is -8.31. The first-order valence-electron chi connectivity index (χ1n) is 23.0. The number of fused-ring (bicyclic) bond motifs is 15. The van der Waals surface area contributed by atoms with Crippen molar-refractivity contribution < 1.29 is 4.42 Å². The molecule has 0 amide bonds. The zero-order valence-corrected chi connectivity index (χ0v) is 37.0. The molecule has 4 heteroatoms. The Morgan fingerprint density at radius 2 is 1.03 bits per heavy atom. The third kappa shape index (κ3) is 5.08. The lowest BCUT2D eigenvalue weighted by atomic mass is 9.59. The summed E-state index contributed by atoms with van der Waals surface area (Å²) in [4.78, 5) is 5.02. The molecule has 0 radical (unpaired) electrons. The molecule has 2 aromatic heterocycles. The van der Waals surface area contributed by atoms with Crippen LogP contribution in [-0.4, -0.2) is 4.57 Å². The number of hydrogen-bond donors (Lipinski definition) is 0. The van der Waals surface area contributed by atoms with E-state index in [-0.39, 0.29) is 0 Å². The van der Waals surface area contributed by atoms with Crippen LogP contribution in [0.4, 0.5) is 17.1 Å². The van der Waals surface area contributed by atoms with Gasteiger partial charge in [-0.25, -0.2) is 0 Å². The summed E-state index contributed by atoms with van der Waals surface area (Å²) in [7, 11) is 0. The Kier molecular flexibility index (Phi) is 7.64. The smallest absolute Gasteiger partial charge is 0.135 e. The quantitative estimate of drug-likeness (QED) is 0.176. The highest BCUT2D eigenvalue weighted by Crippen LogP contribution is 2.62. The van der Waals surface area contributed by atoms with E-state index in [1.165, 1.54) is 75.5 Å². The van der Waals surface area contributed by atoms with Crippen LogP contribution >= 0.6 is 11.8 Å².